The molecule has 19 heavy (non-hydrogen) atoms. The molecule has 1 aromatic rings. The van der Waals surface area contributed by atoms with Gasteiger partial charge in [0.2, 0.25) is 0 Å². The van der Waals surface area contributed by atoms with Crippen LogP contribution in [0.3, 0.4) is 0 Å². The number of aromatic nitrogens is 2. The molecule has 0 aliphatic carbocycles. The third-order valence-corrected chi connectivity index (χ3v) is 4.73. The highest BCUT2D eigenvalue weighted by Gasteiger charge is 2.35. The summed E-state index contributed by atoms with van der Waals surface area (Å²) in [5, 5.41) is 8.23. The SMILES string of the molecule is CCc1cc(CN2CCCC3CNCC32)n(CC)n1. The molecule has 2 aliphatic heterocycles. The maximum Gasteiger partial charge on any atom is 0.0625 e. The van der Waals surface area contributed by atoms with Crippen molar-refractivity contribution in [1.29, 1.82) is 0 Å². The Bertz CT molecular complexity index is 426. The molecule has 0 bridgehead atoms. The number of rotatable bonds is 4. The Morgan fingerprint density at radius 3 is 3.05 bits per heavy atom. The van der Waals surface area contributed by atoms with Crippen LogP contribution in [0, 0.1) is 5.92 Å². The molecule has 2 saturated heterocycles. The van der Waals surface area contributed by atoms with E-state index in [-0.39, 0.29) is 0 Å². The summed E-state index contributed by atoms with van der Waals surface area (Å²) in [6, 6.07) is 3.05. The molecule has 1 aromatic heterocycles. The van der Waals surface area contributed by atoms with Crippen molar-refractivity contribution in [2.75, 3.05) is 19.6 Å². The normalized spacial score (nSPS) is 27.7. The topological polar surface area (TPSA) is 33.1 Å². The number of piperidine rings is 1. The Balaban J connectivity index is 1.74. The van der Waals surface area contributed by atoms with Gasteiger partial charge in [-0.3, -0.25) is 9.58 Å². The van der Waals surface area contributed by atoms with Crippen LogP contribution in [0.4, 0.5) is 0 Å². The van der Waals surface area contributed by atoms with Gasteiger partial charge in [-0.2, -0.15) is 5.10 Å². The standard InChI is InChI=1S/C15H26N4/c1-3-13-8-14(19(4-2)17-13)11-18-7-5-6-12-9-16-10-15(12)18/h8,12,15-16H,3-7,9-11H2,1-2H3. The first-order valence-corrected chi connectivity index (χ1v) is 7.82. The van der Waals surface area contributed by atoms with Gasteiger partial charge in [0, 0.05) is 25.7 Å². The minimum Gasteiger partial charge on any atom is -0.315 e. The zero-order chi connectivity index (χ0) is 13.2. The summed E-state index contributed by atoms with van der Waals surface area (Å²) in [6.45, 7) is 10.1. The van der Waals surface area contributed by atoms with Crippen LogP contribution in [0.1, 0.15) is 38.1 Å². The number of aryl methyl sites for hydroxylation is 2. The first-order valence-electron chi connectivity index (χ1n) is 7.82. The average molecular weight is 262 g/mol. The smallest absolute Gasteiger partial charge is 0.0625 e. The molecule has 3 rings (SSSR count). The molecular weight excluding hydrogens is 236 g/mol. The van der Waals surface area contributed by atoms with E-state index < -0.39 is 0 Å². The van der Waals surface area contributed by atoms with Crippen molar-refractivity contribution in [3.05, 3.63) is 17.5 Å². The second-order valence-electron chi connectivity index (χ2n) is 5.89. The third-order valence-electron chi connectivity index (χ3n) is 4.73. The highest BCUT2D eigenvalue weighted by atomic mass is 15.3. The highest BCUT2D eigenvalue weighted by Crippen LogP contribution is 2.27. The van der Waals surface area contributed by atoms with Crippen molar-refractivity contribution < 1.29 is 0 Å². The molecule has 0 amide bonds. The van der Waals surface area contributed by atoms with E-state index in [0.29, 0.717) is 0 Å². The Morgan fingerprint density at radius 1 is 1.37 bits per heavy atom. The van der Waals surface area contributed by atoms with Crippen LogP contribution in [-0.4, -0.2) is 40.4 Å². The zero-order valence-corrected chi connectivity index (χ0v) is 12.2. The lowest BCUT2D eigenvalue weighted by molar-refractivity contribution is 0.114. The molecule has 0 spiro atoms. The molecule has 2 atom stereocenters. The summed E-state index contributed by atoms with van der Waals surface area (Å²) in [5.41, 5.74) is 2.63. The summed E-state index contributed by atoms with van der Waals surface area (Å²) in [6.07, 6.45) is 3.79. The first-order chi connectivity index (χ1) is 9.31. The monoisotopic (exact) mass is 262 g/mol. The van der Waals surface area contributed by atoms with Gasteiger partial charge in [-0.05, 0) is 51.3 Å². The second-order valence-corrected chi connectivity index (χ2v) is 5.89. The fourth-order valence-corrected chi connectivity index (χ4v) is 3.66. The molecule has 2 aliphatic rings. The lowest BCUT2D eigenvalue weighted by Crippen LogP contribution is -2.44. The van der Waals surface area contributed by atoms with Gasteiger partial charge in [0.05, 0.1) is 11.4 Å². The Kier molecular flexibility index (Phi) is 3.89. The summed E-state index contributed by atoms with van der Waals surface area (Å²) in [5.74, 6) is 0.873. The minimum absolute atomic E-state index is 0.749. The number of likely N-dealkylation sites (tertiary alicyclic amines) is 1. The van der Waals surface area contributed by atoms with Crippen molar-refractivity contribution in [1.82, 2.24) is 20.0 Å². The van der Waals surface area contributed by atoms with Crippen LogP contribution in [0.5, 0.6) is 0 Å². The third kappa shape index (κ3) is 2.56. The Labute approximate surface area is 116 Å². The van der Waals surface area contributed by atoms with Crippen LogP contribution >= 0.6 is 0 Å². The van der Waals surface area contributed by atoms with Gasteiger partial charge in [0.15, 0.2) is 0 Å². The second kappa shape index (κ2) is 5.63. The molecule has 4 nitrogen and oxygen atoms in total. The maximum absolute atomic E-state index is 4.67. The largest absolute Gasteiger partial charge is 0.315 e. The summed E-state index contributed by atoms with van der Waals surface area (Å²) < 4.78 is 2.19. The van der Waals surface area contributed by atoms with Gasteiger partial charge in [-0.25, -0.2) is 0 Å². The van der Waals surface area contributed by atoms with Crippen molar-refractivity contribution in [2.45, 2.75) is 52.2 Å². The molecule has 106 valence electrons. The van der Waals surface area contributed by atoms with Gasteiger partial charge in [0.1, 0.15) is 0 Å². The molecule has 1 N–H and O–H groups in total. The van der Waals surface area contributed by atoms with E-state index in [2.05, 4.69) is 39.9 Å². The first kappa shape index (κ1) is 13.1. The lowest BCUT2D eigenvalue weighted by atomic mass is 9.92. The predicted octanol–water partition coefficient (Wildman–Crippen LogP) is 1.65. The van der Waals surface area contributed by atoms with Crippen molar-refractivity contribution in [2.24, 2.45) is 5.92 Å². The van der Waals surface area contributed by atoms with E-state index in [1.54, 1.807) is 0 Å². The van der Waals surface area contributed by atoms with Crippen molar-refractivity contribution in [3.63, 3.8) is 0 Å². The van der Waals surface area contributed by atoms with Crippen LogP contribution in [0.2, 0.25) is 0 Å². The molecule has 0 saturated carbocycles. The summed E-state index contributed by atoms with van der Waals surface area (Å²) in [4.78, 5) is 2.68. The van der Waals surface area contributed by atoms with Crippen LogP contribution in [0.15, 0.2) is 6.07 Å². The van der Waals surface area contributed by atoms with Crippen molar-refractivity contribution >= 4 is 0 Å². The lowest BCUT2D eigenvalue weighted by Gasteiger charge is -2.37. The van der Waals surface area contributed by atoms with Gasteiger partial charge < -0.3 is 5.32 Å². The number of fused-ring (bicyclic) bond motifs is 1. The number of nitrogens with zero attached hydrogens (tertiary/aromatic N) is 3. The molecule has 0 radical (unpaired) electrons. The fourth-order valence-electron chi connectivity index (χ4n) is 3.66. The molecule has 2 unspecified atom stereocenters. The highest BCUT2D eigenvalue weighted by molar-refractivity contribution is 5.11. The Hall–Kier alpha value is -0.870. The minimum atomic E-state index is 0.749. The van der Waals surface area contributed by atoms with E-state index in [0.717, 1.165) is 31.5 Å². The van der Waals surface area contributed by atoms with Gasteiger partial charge in [-0.1, -0.05) is 6.92 Å². The molecule has 4 heteroatoms. The average Bonchev–Trinajstić information content (AvgIpc) is 3.05. The van der Waals surface area contributed by atoms with Crippen LogP contribution < -0.4 is 5.32 Å². The zero-order valence-electron chi connectivity index (χ0n) is 12.2. The quantitative estimate of drug-likeness (QED) is 0.895. The van der Waals surface area contributed by atoms with Crippen LogP contribution in [-0.2, 0) is 19.5 Å². The summed E-state index contributed by atoms with van der Waals surface area (Å²) in [7, 11) is 0. The van der Waals surface area contributed by atoms with Crippen molar-refractivity contribution in [3.8, 4) is 0 Å². The maximum atomic E-state index is 4.67. The van der Waals surface area contributed by atoms with Gasteiger partial charge in [0.25, 0.3) is 0 Å². The van der Waals surface area contributed by atoms with Gasteiger partial charge in [-0.15, -0.1) is 0 Å². The summed E-state index contributed by atoms with van der Waals surface area (Å²) >= 11 is 0. The van der Waals surface area contributed by atoms with Gasteiger partial charge >= 0.3 is 0 Å². The number of nitrogens with one attached hydrogen (secondary N) is 1. The Morgan fingerprint density at radius 2 is 2.26 bits per heavy atom. The molecule has 3 heterocycles. The van der Waals surface area contributed by atoms with Crippen LogP contribution in [0.25, 0.3) is 0 Å². The van der Waals surface area contributed by atoms with E-state index in [1.165, 1.54) is 43.9 Å². The van der Waals surface area contributed by atoms with E-state index >= 15 is 0 Å². The van der Waals surface area contributed by atoms with E-state index in [1.807, 2.05) is 0 Å². The molecule has 2 fully saturated rings. The van der Waals surface area contributed by atoms with E-state index in [4.69, 9.17) is 0 Å². The fraction of sp³-hybridized carbons (Fsp3) is 0.800. The number of hydrogen-bond donors (Lipinski definition) is 1. The predicted molar refractivity (Wildman–Crippen MR) is 77.1 cm³/mol. The number of hydrogen-bond acceptors (Lipinski definition) is 3. The molecular formula is C15H26N4. The van der Waals surface area contributed by atoms with E-state index in [9.17, 15) is 0 Å². The molecule has 0 aromatic carbocycles.